The molecule has 4 rings (SSSR count). The molecular weight excluding hydrogens is 532 g/mol. The summed E-state index contributed by atoms with van der Waals surface area (Å²) in [5.74, 6) is -0.842. The summed E-state index contributed by atoms with van der Waals surface area (Å²) in [5.41, 5.74) is 1.50. The predicted octanol–water partition coefficient (Wildman–Crippen LogP) is 5.79. The fraction of sp³-hybridized carbons (Fsp3) is 0.357. The van der Waals surface area contributed by atoms with Crippen LogP contribution in [-0.2, 0) is 22.4 Å². The molecule has 2 atom stereocenters. The Morgan fingerprint density at radius 2 is 1.21 bits per heavy atom. The third-order valence-corrected chi connectivity index (χ3v) is 7.51. The Morgan fingerprint density at radius 1 is 0.744 bits per heavy atom. The number of aliphatic hydroxyl groups excluding tert-OH is 1. The average Bonchev–Trinajstić information content (AvgIpc) is 3.62. The summed E-state index contributed by atoms with van der Waals surface area (Å²) in [7, 11) is 0. The van der Waals surface area contributed by atoms with Crippen molar-refractivity contribution in [3.05, 3.63) is 81.8 Å². The molecule has 0 radical (unpaired) electrons. The Kier molecular flexibility index (Phi) is 12.1. The van der Waals surface area contributed by atoms with E-state index in [2.05, 4.69) is 31.0 Å². The van der Waals surface area contributed by atoms with E-state index in [4.69, 9.17) is 0 Å². The van der Waals surface area contributed by atoms with Crippen molar-refractivity contribution in [3.63, 3.8) is 0 Å². The van der Waals surface area contributed by atoms with Crippen LogP contribution in [0, 0.1) is 0 Å². The minimum absolute atomic E-state index is 0.0770. The zero-order chi connectivity index (χ0) is 28.0. The van der Waals surface area contributed by atoms with E-state index < -0.39 is 12.0 Å². The SMILES string of the molecule is CC.CCC(C(=O)Nc1nnc(CCCCc2nnc(NC(=O)C(O)c3ccccc3)s2)s1)c1ccccc1. The van der Waals surface area contributed by atoms with Gasteiger partial charge >= 0.3 is 0 Å². The number of aromatic nitrogens is 4. The minimum Gasteiger partial charge on any atom is -0.378 e. The van der Waals surface area contributed by atoms with Crippen molar-refractivity contribution in [2.45, 2.75) is 64.9 Å². The van der Waals surface area contributed by atoms with Gasteiger partial charge in [-0.15, -0.1) is 20.4 Å². The number of nitrogens with one attached hydrogen (secondary N) is 2. The number of anilines is 2. The lowest BCUT2D eigenvalue weighted by Crippen LogP contribution is -2.20. The van der Waals surface area contributed by atoms with Gasteiger partial charge < -0.3 is 5.11 Å². The maximum Gasteiger partial charge on any atom is 0.259 e. The summed E-state index contributed by atoms with van der Waals surface area (Å²) in [6, 6.07) is 18.5. The van der Waals surface area contributed by atoms with E-state index in [9.17, 15) is 14.7 Å². The van der Waals surface area contributed by atoms with Gasteiger partial charge in [0.1, 0.15) is 10.0 Å². The second kappa shape index (κ2) is 15.8. The van der Waals surface area contributed by atoms with Gasteiger partial charge in [0.2, 0.25) is 16.2 Å². The van der Waals surface area contributed by atoms with E-state index in [-0.39, 0.29) is 11.8 Å². The number of hydrogen-bond acceptors (Lipinski definition) is 9. The first-order valence-electron chi connectivity index (χ1n) is 13.1. The standard InChI is InChI=1S/C26H28N6O3S2.C2H6/c1-2-19(17-11-5-3-6-12-17)23(34)27-25-31-29-20(36-25)15-9-10-16-21-30-32-26(37-21)28-24(35)22(33)18-13-7-4-8-14-18;1-2/h3-8,11-14,19,22,33H,2,9-10,15-16H2,1H3,(H,27,31,34)(H,28,32,35);1-2H3. The van der Waals surface area contributed by atoms with Gasteiger partial charge in [0.05, 0.1) is 5.92 Å². The fourth-order valence-corrected chi connectivity index (χ4v) is 5.34. The Balaban J connectivity index is 0.00000205. The number of aliphatic hydroxyl groups is 1. The highest BCUT2D eigenvalue weighted by Gasteiger charge is 2.20. The van der Waals surface area contributed by atoms with Crippen LogP contribution < -0.4 is 10.6 Å². The highest BCUT2D eigenvalue weighted by molar-refractivity contribution is 7.15. The number of unbranched alkanes of at least 4 members (excludes halogenated alkanes) is 1. The summed E-state index contributed by atoms with van der Waals surface area (Å²) < 4.78 is 0. The molecule has 0 saturated carbocycles. The van der Waals surface area contributed by atoms with E-state index in [0.29, 0.717) is 28.7 Å². The minimum atomic E-state index is -1.26. The van der Waals surface area contributed by atoms with Crippen LogP contribution in [0.4, 0.5) is 10.3 Å². The van der Waals surface area contributed by atoms with Crippen LogP contribution in [0.2, 0.25) is 0 Å². The summed E-state index contributed by atoms with van der Waals surface area (Å²) in [5, 5.41) is 34.7. The molecule has 39 heavy (non-hydrogen) atoms. The van der Waals surface area contributed by atoms with Crippen molar-refractivity contribution in [1.82, 2.24) is 20.4 Å². The predicted molar refractivity (Wildman–Crippen MR) is 156 cm³/mol. The number of carbonyl (C=O) groups is 2. The third kappa shape index (κ3) is 9.02. The molecule has 0 spiro atoms. The van der Waals surface area contributed by atoms with Gasteiger partial charge in [0, 0.05) is 12.8 Å². The second-order valence-electron chi connectivity index (χ2n) is 8.37. The van der Waals surface area contributed by atoms with Crippen LogP contribution in [0.5, 0.6) is 0 Å². The van der Waals surface area contributed by atoms with Crippen molar-refractivity contribution in [3.8, 4) is 0 Å². The smallest absolute Gasteiger partial charge is 0.259 e. The molecule has 2 aromatic carbocycles. The summed E-state index contributed by atoms with van der Waals surface area (Å²) in [4.78, 5) is 25.0. The molecule has 2 aromatic heterocycles. The molecule has 0 saturated heterocycles. The van der Waals surface area contributed by atoms with Crippen molar-refractivity contribution in [2.75, 3.05) is 10.6 Å². The molecule has 4 aromatic rings. The van der Waals surface area contributed by atoms with Crippen LogP contribution >= 0.6 is 22.7 Å². The first-order chi connectivity index (χ1) is 19.0. The number of amides is 2. The van der Waals surface area contributed by atoms with Gasteiger partial charge in [-0.2, -0.15) is 0 Å². The maximum atomic E-state index is 12.7. The molecule has 2 amide bonds. The van der Waals surface area contributed by atoms with Gasteiger partial charge in [-0.05, 0) is 30.4 Å². The van der Waals surface area contributed by atoms with Crippen LogP contribution in [0.25, 0.3) is 0 Å². The van der Waals surface area contributed by atoms with Crippen molar-refractivity contribution in [2.24, 2.45) is 0 Å². The van der Waals surface area contributed by atoms with Gasteiger partial charge in [0.15, 0.2) is 6.10 Å². The highest BCUT2D eigenvalue weighted by atomic mass is 32.1. The van der Waals surface area contributed by atoms with Crippen LogP contribution in [0.3, 0.4) is 0 Å². The Hall–Kier alpha value is -3.54. The van der Waals surface area contributed by atoms with Gasteiger partial charge in [-0.25, -0.2) is 0 Å². The molecule has 9 nitrogen and oxygen atoms in total. The largest absolute Gasteiger partial charge is 0.378 e. The lowest BCUT2D eigenvalue weighted by Gasteiger charge is -2.13. The van der Waals surface area contributed by atoms with Crippen molar-refractivity contribution in [1.29, 1.82) is 0 Å². The highest BCUT2D eigenvalue weighted by Crippen LogP contribution is 2.24. The topological polar surface area (TPSA) is 130 Å². The van der Waals surface area contributed by atoms with E-state index in [1.54, 1.807) is 24.3 Å². The lowest BCUT2D eigenvalue weighted by molar-refractivity contribution is -0.124. The number of rotatable bonds is 12. The molecule has 3 N–H and O–H groups in total. The van der Waals surface area contributed by atoms with E-state index >= 15 is 0 Å². The molecule has 206 valence electrons. The van der Waals surface area contributed by atoms with Crippen molar-refractivity contribution >= 4 is 44.8 Å². The molecule has 0 aliphatic heterocycles. The normalized spacial score (nSPS) is 12.1. The lowest BCUT2D eigenvalue weighted by atomic mass is 9.96. The molecular formula is C28H34N6O3S2. The average molecular weight is 567 g/mol. The Bertz CT molecular complexity index is 1300. The number of hydrogen-bond donors (Lipinski definition) is 3. The van der Waals surface area contributed by atoms with E-state index in [1.807, 2.05) is 57.2 Å². The summed E-state index contributed by atoms with van der Waals surface area (Å²) in [6.45, 7) is 5.99. The van der Waals surface area contributed by atoms with Gasteiger partial charge in [-0.3, -0.25) is 20.2 Å². The van der Waals surface area contributed by atoms with Crippen LogP contribution in [0.15, 0.2) is 60.7 Å². The van der Waals surface area contributed by atoms with E-state index in [0.717, 1.165) is 34.8 Å². The van der Waals surface area contributed by atoms with Gasteiger partial charge in [-0.1, -0.05) is 104 Å². The maximum absolute atomic E-state index is 12.7. The van der Waals surface area contributed by atoms with Crippen molar-refractivity contribution < 1.29 is 14.7 Å². The first kappa shape index (κ1) is 30.0. The molecule has 2 unspecified atom stereocenters. The molecule has 2 heterocycles. The monoisotopic (exact) mass is 566 g/mol. The summed E-state index contributed by atoms with van der Waals surface area (Å²) >= 11 is 2.69. The third-order valence-electron chi connectivity index (χ3n) is 5.72. The number of benzene rings is 2. The quantitative estimate of drug-likeness (QED) is 0.185. The van der Waals surface area contributed by atoms with Crippen LogP contribution in [0.1, 0.15) is 73.2 Å². The zero-order valence-corrected chi connectivity index (χ0v) is 24.0. The Labute approximate surface area is 236 Å². The fourth-order valence-electron chi connectivity index (χ4n) is 3.77. The van der Waals surface area contributed by atoms with E-state index in [1.165, 1.54) is 22.7 Å². The molecule has 0 fully saturated rings. The molecule has 0 aliphatic carbocycles. The summed E-state index contributed by atoms with van der Waals surface area (Å²) in [6.07, 6.45) is 2.63. The number of carbonyl (C=O) groups excluding carboxylic acids is 2. The van der Waals surface area contributed by atoms with Gasteiger partial charge in [0.25, 0.3) is 5.91 Å². The van der Waals surface area contributed by atoms with Crippen LogP contribution in [-0.4, -0.2) is 37.3 Å². The molecule has 11 heteroatoms. The number of aryl methyl sites for hydroxylation is 2. The Morgan fingerprint density at radius 3 is 1.69 bits per heavy atom. The molecule has 0 aliphatic rings. The number of nitrogens with zero attached hydrogens (tertiary/aromatic N) is 4. The second-order valence-corrected chi connectivity index (χ2v) is 10.5. The zero-order valence-electron chi connectivity index (χ0n) is 22.3. The first-order valence-corrected chi connectivity index (χ1v) is 14.7. The molecule has 0 bridgehead atoms.